The van der Waals surface area contributed by atoms with E-state index in [0.29, 0.717) is 12.8 Å². The normalized spacial score (nSPS) is 15.6. The molecule has 1 aliphatic heterocycles. The number of amides is 1. The van der Waals surface area contributed by atoms with Crippen molar-refractivity contribution in [2.24, 2.45) is 5.92 Å². The Balaban J connectivity index is 1.84. The van der Waals surface area contributed by atoms with Gasteiger partial charge in [0, 0.05) is 11.5 Å². The fourth-order valence-corrected chi connectivity index (χ4v) is 3.91. The maximum absolute atomic E-state index is 14.9. The van der Waals surface area contributed by atoms with Crippen molar-refractivity contribution in [3.8, 4) is 11.1 Å². The molecule has 0 unspecified atom stereocenters. The van der Waals surface area contributed by atoms with Crippen LogP contribution < -0.4 is 27.2 Å². The second-order valence-electron chi connectivity index (χ2n) is 7.41. The summed E-state index contributed by atoms with van der Waals surface area (Å²) < 4.78 is 65.3. The molecule has 2 aromatic carbocycles. The lowest BCUT2D eigenvalue weighted by atomic mass is 9.91. The number of hydrogen-bond donors (Lipinski definition) is 5. The van der Waals surface area contributed by atoms with E-state index in [1.54, 1.807) is 0 Å². The quantitative estimate of drug-likeness (QED) is 0.357. The van der Waals surface area contributed by atoms with Crippen molar-refractivity contribution >= 4 is 16.1 Å². The van der Waals surface area contributed by atoms with Crippen LogP contribution in [0, 0.1) is 17.6 Å². The third kappa shape index (κ3) is 6.04. The Hall–Kier alpha value is -2.51. The highest BCUT2D eigenvalue weighted by atomic mass is 32.3. The molecule has 0 saturated carbocycles. The predicted octanol–water partition coefficient (Wildman–Crippen LogP) is 2.16. The van der Waals surface area contributed by atoms with Crippen LogP contribution >= 0.6 is 0 Å². The third-order valence-electron chi connectivity index (χ3n) is 5.10. The molecular weight excluding hydrogens is 447 g/mol. The molecule has 1 aliphatic rings. The van der Waals surface area contributed by atoms with E-state index >= 15 is 0 Å². The highest BCUT2D eigenvalue weighted by Crippen LogP contribution is 2.29. The van der Waals surface area contributed by atoms with E-state index in [0.717, 1.165) is 30.7 Å². The molecule has 5 N–H and O–H groups in total. The SMILES string of the molecule is CCCC[C@@H](Cc1c(F)cc(-c2cccc(S(=O)(=O)F)c2)cc1F)C(=O)NC1NNNN1. The summed E-state index contributed by atoms with van der Waals surface area (Å²) in [7, 11) is -4.96. The molecule has 3 rings (SSSR count). The molecule has 174 valence electrons. The Morgan fingerprint density at radius 2 is 1.75 bits per heavy atom. The summed E-state index contributed by atoms with van der Waals surface area (Å²) >= 11 is 0. The van der Waals surface area contributed by atoms with E-state index in [1.165, 1.54) is 12.1 Å². The van der Waals surface area contributed by atoms with Crippen LogP contribution in [0.15, 0.2) is 41.3 Å². The fraction of sp³-hybridized carbons (Fsp3) is 0.350. The Bertz CT molecular complexity index is 1050. The zero-order valence-electron chi connectivity index (χ0n) is 17.2. The second kappa shape index (κ2) is 10.4. The van der Waals surface area contributed by atoms with Crippen molar-refractivity contribution in [2.75, 3.05) is 0 Å². The van der Waals surface area contributed by atoms with Crippen LogP contribution in [-0.4, -0.2) is 20.6 Å². The zero-order valence-corrected chi connectivity index (χ0v) is 18.0. The van der Waals surface area contributed by atoms with Gasteiger partial charge in [-0.2, -0.15) is 19.5 Å². The number of halogens is 3. The van der Waals surface area contributed by atoms with E-state index in [4.69, 9.17) is 0 Å². The van der Waals surface area contributed by atoms with Gasteiger partial charge in [-0.05, 0) is 48.2 Å². The molecule has 1 fully saturated rings. The smallest absolute Gasteiger partial charge is 0.326 e. The van der Waals surface area contributed by atoms with Gasteiger partial charge in [0.05, 0.1) is 4.90 Å². The van der Waals surface area contributed by atoms with Crippen molar-refractivity contribution in [3.63, 3.8) is 0 Å². The summed E-state index contributed by atoms with van der Waals surface area (Å²) in [5.41, 5.74) is 10.5. The highest BCUT2D eigenvalue weighted by molar-refractivity contribution is 7.86. The fourth-order valence-electron chi connectivity index (χ4n) is 3.40. The molecule has 1 saturated heterocycles. The molecule has 0 bridgehead atoms. The van der Waals surface area contributed by atoms with Crippen LogP contribution in [0.1, 0.15) is 31.7 Å². The largest absolute Gasteiger partial charge is 0.332 e. The molecule has 2 aromatic rings. The van der Waals surface area contributed by atoms with Crippen LogP contribution in [0.5, 0.6) is 0 Å². The van der Waals surface area contributed by atoms with Gasteiger partial charge in [0.15, 0.2) is 6.29 Å². The minimum atomic E-state index is -4.96. The number of hydrogen-bond acceptors (Lipinski definition) is 7. The van der Waals surface area contributed by atoms with Crippen LogP contribution in [-0.2, 0) is 21.4 Å². The molecule has 0 aromatic heterocycles. The van der Waals surface area contributed by atoms with Crippen molar-refractivity contribution in [2.45, 2.75) is 43.8 Å². The number of carbonyl (C=O) groups is 1. The number of rotatable bonds is 9. The molecule has 0 spiro atoms. The number of carbonyl (C=O) groups excluding carboxylic acids is 1. The summed E-state index contributed by atoms with van der Waals surface area (Å²) in [5, 5.41) is 2.68. The van der Waals surface area contributed by atoms with Crippen molar-refractivity contribution < 1.29 is 25.9 Å². The Morgan fingerprint density at radius 1 is 1.09 bits per heavy atom. The molecular formula is C20H24F3N5O3S. The highest BCUT2D eigenvalue weighted by Gasteiger charge is 2.26. The van der Waals surface area contributed by atoms with Gasteiger partial charge in [0.1, 0.15) is 11.6 Å². The summed E-state index contributed by atoms with van der Waals surface area (Å²) in [6.07, 6.45) is 1.20. The first-order chi connectivity index (χ1) is 15.2. The first-order valence-electron chi connectivity index (χ1n) is 10.0. The molecule has 12 heteroatoms. The first-order valence-corrected chi connectivity index (χ1v) is 11.4. The molecule has 1 amide bonds. The summed E-state index contributed by atoms with van der Waals surface area (Å²) in [4.78, 5) is 12.1. The minimum absolute atomic E-state index is 0.0558. The van der Waals surface area contributed by atoms with E-state index in [-0.39, 0.29) is 29.0 Å². The average molecular weight is 472 g/mol. The third-order valence-corrected chi connectivity index (χ3v) is 5.92. The first kappa shape index (κ1) is 24.1. The maximum Gasteiger partial charge on any atom is 0.332 e. The molecule has 8 nitrogen and oxygen atoms in total. The number of benzene rings is 2. The molecule has 1 heterocycles. The van der Waals surface area contributed by atoms with Crippen molar-refractivity contribution in [1.29, 1.82) is 0 Å². The maximum atomic E-state index is 14.9. The van der Waals surface area contributed by atoms with Gasteiger partial charge < -0.3 is 5.32 Å². The molecule has 0 radical (unpaired) electrons. The Morgan fingerprint density at radius 3 is 2.34 bits per heavy atom. The monoisotopic (exact) mass is 471 g/mol. The second-order valence-corrected chi connectivity index (χ2v) is 8.75. The van der Waals surface area contributed by atoms with Crippen molar-refractivity contribution in [1.82, 2.24) is 27.2 Å². The van der Waals surface area contributed by atoms with E-state index in [1.807, 2.05) is 6.92 Å². The minimum Gasteiger partial charge on any atom is -0.326 e. The van der Waals surface area contributed by atoms with Gasteiger partial charge in [-0.25, -0.2) is 19.6 Å². The van der Waals surface area contributed by atoms with E-state index < -0.39 is 39.0 Å². The Kier molecular flexibility index (Phi) is 7.85. The van der Waals surface area contributed by atoms with Gasteiger partial charge in [0.25, 0.3) is 0 Å². The lowest BCUT2D eigenvalue weighted by molar-refractivity contribution is -0.126. The van der Waals surface area contributed by atoms with Gasteiger partial charge in [-0.3, -0.25) is 4.79 Å². The molecule has 1 atom stereocenters. The van der Waals surface area contributed by atoms with Gasteiger partial charge in [0.2, 0.25) is 5.91 Å². The topological polar surface area (TPSA) is 111 Å². The molecule has 0 aliphatic carbocycles. The lowest BCUT2D eigenvalue weighted by Crippen LogP contribution is -2.51. The van der Waals surface area contributed by atoms with Crippen LogP contribution in [0.2, 0.25) is 0 Å². The summed E-state index contributed by atoms with van der Waals surface area (Å²) in [6.45, 7) is 1.95. The summed E-state index contributed by atoms with van der Waals surface area (Å²) in [6, 6.07) is 6.85. The van der Waals surface area contributed by atoms with Crippen LogP contribution in [0.3, 0.4) is 0 Å². The zero-order chi connectivity index (χ0) is 23.3. The van der Waals surface area contributed by atoms with Crippen LogP contribution in [0.4, 0.5) is 12.7 Å². The number of nitrogens with one attached hydrogen (secondary N) is 5. The number of unbranched alkanes of at least 4 members (excludes halogenated alkanes) is 1. The standard InChI is InChI=1S/C20H24F3N5O3S/c1-2-3-5-13(19(29)24-20-25-27-28-26-20)9-16-17(21)10-14(11-18(16)22)12-6-4-7-15(8-12)32(23,30)31/h4,6-8,10-11,13,20,25-28H,2-3,5,9H2,1H3,(H,24,29)/t13-/m0/s1. The average Bonchev–Trinajstić information content (AvgIpc) is 3.25. The molecule has 32 heavy (non-hydrogen) atoms. The van der Waals surface area contributed by atoms with E-state index in [2.05, 4.69) is 27.2 Å². The van der Waals surface area contributed by atoms with Gasteiger partial charge >= 0.3 is 10.2 Å². The van der Waals surface area contributed by atoms with Crippen LogP contribution in [0.25, 0.3) is 11.1 Å². The van der Waals surface area contributed by atoms with Crippen molar-refractivity contribution in [3.05, 3.63) is 53.6 Å². The Labute approximate surface area is 184 Å². The van der Waals surface area contributed by atoms with E-state index in [9.17, 15) is 25.9 Å². The summed E-state index contributed by atoms with van der Waals surface area (Å²) in [5.74, 6) is -2.79. The number of hydrazine groups is 3. The van der Waals surface area contributed by atoms with Gasteiger partial charge in [-0.1, -0.05) is 31.9 Å². The van der Waals surface area contributed by atoms with Gasteiger partial charge in [-0.15, -0.1) is 3.89 Å². The predicted molar refractivity (Wildman–Crippen MR) is 111 cm³/mol. The lowest BCUT2D eigenvalue weighted by Gasteiger charge is -2.20.